The van der Waals surface area contributed by atoms with Gasteiger partial charge in [0.25, 0.3) is 0 Å². The molecule has 21 heavy (non-hydrogen) atoms. The fourth-order valence-electron chi connectivity index (χ4n) is 1.72. The van der Waals surface area contributed by atoms with Gasteiger partial charge in [-0.3, -0.25) is 4.79 Å². The van der Waals surface area contributed by atoms with Crippen LogP contribution in [0.25, 0.3) is 0 Å². The van der Waals surface area contributed by atoms with E-state index in [1.807, 2.05) is 24.3 Å². The zero-order valence-corrected chi connectivity index (χ0v) is 12.4. The SMILES string of the molecule is C#CCOc1ccccc1CNCCC(=O)NCCOC. The summed E-state index contributed by atoms with van der Waals surface area (Å²) in [6, 6.07) is 7.69. The van der Waals surface area contributed by atoms with E-state index in [-0.39, 0.29) is 12.5 Å². The van der Waals surface area contributed by atoms with Crippen LogP contribution in [0.2, 0.25) is 0 Å². The summed E-state index contributed by atoms with van der Waals surface area (Å²) in [5.74, 6) is 3.23. The third-order valence-corrected chi connectivity index (χ3v) is 2.76. The Morgan fingerprint density at radius 2 is 2.14 bits per heavy atom. The zero-order valence-electron chi connectivity index (χ0n) is 12.4. The van der Waals surface area contributed by atoms with E-state index in [9.17, 15) is 4.79 Å². The van der Waals surface area contributed by atoms with Crippen molar-refractivity contribution in [1.82, 2.24) is 10.6 Å². The van der Waals surface area contributed by atoms with Crippen molar-refractivity contribution in [3.8, 4) is 18.1 Å². The lowest BCUT2D eigenvalue weighted by Crippen LogP contribution is -2.30. The molecule has 0 saturated heterocycles. The van der Waals surface area contributed by atoms with E-state index in [1.54, 1.807) is 7.11 Å². The number of carbonyl (C=O) groups excluding carboxylic acids is 1. The Labute approximate surface area is 126 Å². The first-order valence-electron chi connectivity index (χ1n) is 6.88. The van der Waals surface area contributed by atoms with Crippen LogP contribution in [-0.4, -0.2) is 39.3 Å². The molecule has 0 saturated carbocycles. The van der Waals surface area contributed by atoms with Crippen LogP contribution in [0.5, 0.6) is 5.75 Å². The molecule has 0 fully saturated rings. The Kier molecular flexibility index (Phi) is 8.69. The Morgan fingerprint density at radius 1 is 1.33 bits per heavy atom. The van der Waals surface area contributed by atoms with Gasteiger partial charge in [-0.05, 0) is 6.07 Å². The molecule has 0 aliphatic heterocycles. The van der Waals surface area contributed by atoms with Crippen molar-refractivity contribution in [2.75, 3.05) is 33.4 Å². The zero-order chi connectivity index (χ0) is 15.3. The van der Waals surface area contributed by atoms with Gasteiger partial charge in [0.1, 0.15) is 12.4 Å². The van der Waals surface area contributed by atoms with Crippen molar-refractivity contribution in [1.29, 1.82) is 0 Å². The molecule has 1 amide bonds. The van der Waals surface area contributed by atoms with Crippen molar-refractivity contribution in [2.24, 2.45) is 0 Å². The van der Waals surface area contributed by atoms with E-state index in [2.05, 4.69) is 16.6 Å². The quantitative estimate of drug-likeness (QED) is 0.497. The van der Waals surface area contributed by atoms with Gasteiger partial charge < -0.3 is 20.1 Å². The molecule has 0 atom stereocenters. The lowest BCUT2D eigenvalue weighted by atomic mass is 10.2. The van der Waals surface area contributed by atoms with Crippen LogP contribution in [0, 0.1) is 12.3 Å². The fourth-order valence-corrected chi connectivity index (χ4v) is 1.72. The molecular formula is C16H22N2O3. The van der Waals surface area contributed by atoms with Gasteiger partial charge in [-0.2, -0.15) is 0 Å². The van der Waals surface area contributed by atoms with Gasteiger partial charge in [0, 0.05) is 38.7 Å². The van der Waals surface area contributed by atoms with Crippen LogP contribution in [0.1, 0.15) is 12.0 Å². The standard InChI is InChI=1S/C16H22N2O3/c1-3-11-21-15-7-5-4-6-14(15)13-17-9-8-16(19)18-10-12-20-2/h1,4-7,17H,8-13H2,2H3,(H,18,19). The van der Waals surface area contributed by atoms with Gasteiger partial charge in [-0.1, -0.05) is 24.1 Å². The van der Waals surface area contributed by atoms with E-state index < -0.39 is 0 Å². The Hall–Kier alpha value is -2.03. The summed E-state index contributed by atoms with van der Waals surface area (Å²) in [4.78, 5) is 11.5. The monoisotopic (exact) mass is 290 g/mol. The largest absolute Gasteiger partial charge is 0.481 e. The van der Waals surface area contributed by atoms with Gasteiger partial charge in [-0.15, -0.1) is 6.42 Å². The maximum atomic E-state index is 11.5. The van der Waals surface area contributed by atoms with E-state index in [0.717, 1.165) is 11.3 Å². The smallest absolute Gasteiger partial charge is 0.221 e. The van der Waals surface area contributed by atoms with Gasteiger partial charge in [0.05, 0.1) is 6.61 Å². The van der Waals surface area contributed by atoms with Crippen molar-refractivity contribution in [3.05, 3.63) is 29.8 Å². The number of amides is 1. The summed E-state index contributed by atoms with van der Waals surface area (Å²) < 4.78 is 10.3. The summed E-state index contributed by atoms with van der Waals surface area (Å²) >= 11 is 0. The minimum atomic E-state index is 0.0106. The average molecular weight is 290 g/mol. The summed E-state index contributed by atoms with van der Waals surface area (Å²) in [5, 5.41) is 5.99. The van der Waals surface area contributed by atoms with E-state index >= 15 is 0 Å². The first-order valence-corrected chi connectivity index (χ1v) is 6.88. The van der Waals surface area contributed by atoms with Crippen molar-refractivity contribution in [2.45, 2.75) is 13.0 Å². The molecule has 5 nitrogen and oxygen atoms in total. The van der Waals surface area contributed by atoms with Crippen molar-refractivity contribution >= 4 is 5.91 Å². The third-order valence-electron chi connectivity index (χ3n) is 2.76. The minimum absolute atomic E-state index is 0.0106. The van der Waals surface area contributed by atoms with Gasteiger partial charge in [0.15, 0.2) is 0 Å². The first kappa shape index (κ1) is 17.0. The van der Waals surface area contributed by atoms with Crippen LogP contribution in [0.15, 0.2) is 24.3 Å². The molecule has 0 bridgehead atoms. The Morgan fingerprint density at radius 3 is 2.90 bits per heavy atom. The topological polar surface area (TPSA) is 59.6 Å². The number of ether oxygens (including phenoxy) is 2. The molecule has 114 valence electrons. The number of carbonyl (C=O) groups is 1. The normalized spacial score (nSPS) is 9.90. The second-order valence-electron chi connectivity index (χ2n) is 4.37. The maximum absolute atomic E-state index is 11.5. The van der Waals surface area contributed by atoms with E-state index in [4.69, 9.17) is 15.9 Å². The second-order valence-corrected chi connectivity index (χ2v) is 4.37. The highest BCUT2D eigenvalue weighted by Gasteiger charge is 2.03. The first-order chi connectivity index (χ1) is 10.3. The highest BCUT2D eigenvalue weighted by atomic mass is 16.5. The molecule has 0 spiro atoms. The van der Waals surface area contributed by atoms with Crippen molar-refractivity contribution in [3.63, 3.8) is 0 Å². The molecule has 5 heteroatoms. The molecule has 1 aromatic rings. The molecule has 0 aliphatic carbocycles. The number of para-hydroxylation sites is 1. The maximum Gasteiger partial charge on any atom is 0.221 e. The molecule has 0 aliphatic rings. The molecular weight excluding hydrogens is 268 g/mol. The number of hydrogen-bond acceptors (Lipinski definition) is 4. The molecule has 0 unspecified atom stereocenters. The van der Waals surface area contributed by atoms with Crippen LogP contribution in [-0.2, 0) is 16.1 Å². The lowest BCUT2D eigenvalue weighted by Gasteiger charge is -2.10. The summed E-state index contributed by atoms with van der Waals surface area (Å²) in [6.07, 6.45) is 5.62. The molecule has 1 aromatic carbocycles. The fraction of sp³-hybridized carbons (Fsp3) is 0.438. The van der Waals surface area contributed by atoms with Gasteiger partial charge in [0.2, 0.25) is 5.91 Å². The predicted octanol–water partition coefficient (Wildman–Crippen LogP) is 0.941. The number of methoxy groups -OCH3 is 1. The molecule has 0 radical (unpaired) electrons. The Balaban J connectivity index is 2.26. The third kappa shape index (κ3) is 7.35. The van der Waals surface area contributed by atoms with Crippen molar-refractivity contribution < 1.29 is 14.3 Å². The highest BCUT2D eigenvalue weighted by Crippen LogP contribution is 2.17. The number of terminal acetylenes is 1. The number of benzene rings is 1. The molecule has 0 heterocycles. The van der Waals surface area contributed by atoms with Crippen LogP contribution in [0.3, 0.4) is 0 Å². The minimum Gasteiger partial charge on any atom is -0.481 e. The summed E-state index contributed by atoms with van der Waals surface area (Å²) in [6.45, 7) is 2.55. The van der Waals surface area contributed by atoms with E-state index in [1.165, 1.54) is 0 Å². The number of nitrogens with one attached hydrogen (secondary N) is 2. The predicted molar refractivity (Wildman–Crippen MR) is 82.0 cm³/mol. The van der Waals surface area contributed by atoms with Crippen LogP contribution < -0.4 is 15.4 Å². The molecule has 0 aromatic heterocycles. The lowest BCUT2D eigenvalue weighted by molar-refractivity contribution is -0.121. The number of hydrogen-bond donors (Lipinski definition) is 2. The summed E-state index contributed by atoms with van der Waals surface area (Å²) in [5.41, 5.74) is 1.02. The second kappa shape index (κ2) is 10.7. The number of rotatable bonds is 10. The Bertz CT molecular complexity index is 469. The summed E-state index contributed by atoms with van der Waals surface area (Å²) in [7, 11) is 1.60. The average Bonchev–Trinajstić information content (AvgIpc) is 2.50. The molecule has 2 N–H and O–H groups in total. The van der Waals surface area contributed by atoms with Gasteiger partial charge in [-0.25, -0.2) is 0 Å². The highest BCUT2D eigenvalue weighted by molar-refractivity contribution is 5.76. The van der Waals surface area contributed by atoms with Crippen LogP contribution in [0.4, 0.5) is 0 Å². The van der Waals surface area contributed by atoms with Gasteiger partial charge >= 0.3 is 0 Å². The van der Waals surface area contributed by atoms with Crippen LogP contribution >= 0.6 is 0 Å². The molecule has 1 rings (SSSR count). The van der Waals surface area contributed by atoms with E-state index in [0.29, 0.717) is 32.7 Å².